The molecule has 1 aliphatic carbocycles. The quantitative estimate of drug-likeness (QED) is 0.532. The molecule has 1 aliphatic rings. The molecular weight excluding hydrogens is 391 g/mol. The Hall–Kier alpha value is -3.42. The number of nitrogens with zero attached hydrogens (tertiary/aromatic N) is 2. The molecule has 0 N–H and O–H groups in total. The van der Waals surface area contributed by atoms with Gasteiger partial charge in [-0.2, -0.15) is 0 Å². The van der Waals surface area contributed by atoms with Crippen molar-refractivity contribution in [1.82, 2.24) is 9.47 Å². The zero-order valence-corrected chi connectivity index (χ0v) is 16.3. The minimum Gasteiger partial charge on any atom is -0.456 e. The van der Waals surface area contributed by atoms with Crippen LogP contribution >= 0.6 is 0 Å². The molecule has 1 fully saturated rings. The van der Waals surface area contributed by atoms with E-state index in [1.54, 1.807) is 47.4 Å². The lowest BCUT2D eigenvalue weighted by molar-refractivity contribution is -0.152. The number of aryl methyl sites for hydroxylation is 1. The number of rotatable bonds is 8. The van der Waals surface area contributed by atoms with Gasteiger partial charge in [-0.05, 0) is 31.0 Å². The molecule has 0 bridgehead atoms. The molecule has 4 rings (SSSR count). The average molecular weight is 412 g/mol. The first-order valence-electron chi connectivity index (χ1n) is 9.80. The number of amides is 1. The zero-order chi connectivity index (χ0) is 21.1. The molecule has 30 heavy (non-hydrogen) atoms. The van der Waals surface area contributed by atoms with E-state index in [0.717, 1.165) is 12.8 Å². The number of aromatic nitrogens is 1. The van der Waals surface area contributed by atoms with Gasteiger partial charge in [0, 0.05) is 24.7 Å². The van der Waals surface area contributed by atoms with E-state index in [-0.39, 0.29) is 37.3 Å². The van der Waals surface area contributed by atoms with Crippen molar-refractivity contribution >= 4 is 23.0 Å². The van der Waals surface area contributed by atoms with Crippen LogP contribution in [0, 0.1) is 5.82 Å². The van der Waals surface area contributed by atoms with E-state index in [1.165, 1.54) is 10.6 Å². The Balaban J connectivity index is 1.32. The number of fused-ring (bicyclic) bond motifs is 1. The van der Waals surface area contributed by atoms with Crippen LogP contribution < -0.4 is 5.76 Å². The molecule has 3 aromatic rings. The van der Waals surface area contributed by atoms with E-state index in [2.05, 4.69) is 0 Å². The number of esters is 1. The number of ether oxygens (including phenoxy) is 1. The highest BCUT2D eigenvalue weighted by Gasteiger charge is 2.33. The molecule has 0 radical (unpaired) electrons. The minimum absolute atomic E-state index is 0.0479. The number of hydrogen-bond donors (Lipinski definition) is 0. The Labute approximate surface area is 171 Å². The Morgan fingerprint density at radius 3 is 2.63 bits per heavy atom. The fourth-order valence-electron chi connectivity index (χ4n) is 3.34. The largest absolute Gasteiger partial charge is 0.456 e. The second kappa shape index (κ2) is 8.52. The van der Waals surface area contributed by atoms with Crippen LogP contribution in [0.5, 0.6) is 0 Å². The number of para-hydroxylation sites is 2. The molecule has 1 saturated carbocycles. The van der Waals surface area contributed by atoms with Gasteiger partial charge in [0.15, 0.2) is 12.2 Å². The van der Waals surface area contributed by atoms with Gasteiger partial charge in [-0.25, -0.2) is 9.18 Å². The van der Waals surface area contributed by atoms with Gasteiger partial charge < -0.3 is 14.1 Å². The average Bonchev–Trinajstić information content (AvgIpc) is 3.52. The van der Waals surface area contributed by atoms with Crippen molar-refractivity contribution < 1.29 is 23.1 Å². The Kier molecular flexibility index (Phi) is 5.65. The topological polar surface area (TPSA) is 81.7 Å². The van der Waals surface area contributed by atoms with Gasteiger partial charge in [0.05, 0.1) is 11.9 Å². The predicted molar refractivity (Wildman–Crippen MR) is 106 cm³/mol. The Morgan fingerprint density at radius 2 is 1.87 bits per heavy atom. The van der Waals surface area contributed by atoms with Crippen LogP contribution in [0.1, 0.15) is 24.8 Å². The fourth-order valence-corrected chi connectivity index (χ4v) is 3.34. The second-order valence-electron chi connectivity index (χ2n) is 7.24. The molecule has 0 unspecified atom stereocenters. The highest BCUT2D eigenvalue weighted by Crippen LogP contribution is 2.29. The minimum atomic E-state index is -0.595. The third kappa shape index (κ3) is 4.42. The lowest BCUT2D eigenvalue weighted by Gasteiger charge is -2.22. The number of halogens is 1. The second-order valence-corrected chi connectivity index (χ2v) is 7.24. The summed E-state index contributed by atoms with van der Waals surface area (Å²) < 4.78 is 25.5. The number of carbonyl (C=O) groups excluding carboxylic acids is 2. The van der Waals surface area contributed by atoms with E-state index in [9.17, 15) is 18.8 Å². The summed E-state index contributed by atoms with van der Waals surface area (Å²) in [4.78, 5) is 38.2. The van der Waals surface area contributed by atoms with Crippen LogP contribution in [0.3, 0.4) is 0 Å². The van der Waals surface area contributed by atoms with Gasteiger partial charge in [-0.3, -0.25) is 14.2 Å². The van der Waals surface area contributed by atoms with Crippen molar-refractivity contribution in [3.05, 3.63) is 70.5 Å². The normalized spacial score (nSPS) is 13.4. The summed E-state index contributed by atoms with van der Waals surface area (Å²) >= 11 is 0. The first-order valence-corrected chi connectivity index (χ1v) is 9.80. The third-order valence-electron chi connectivity index (χ3n) is 5.08. The number of benzene rings is 2. The molecule has 0 spiro atoms. The Bertz CT molecular complexity index is 1130. The van der Waals surface area contributed by atoms with E-state index in [4.69, 9.17) is 9.15 Å². The summed E-state index contributed by atoms with van der Waals surface area (Å²) in [7, 11) is 0. The van der Waals surface area contributed by atoms with Gasteiger partial charge in [0.1, 0.15) is 5.82 Å². The zero-order valence-electron chi connectivity index (χ0n) is 16.3. The maximum atomic E-state index is 13.9. The number of hydrogen-bond acceptors (Lipinski definition) is 5. The Morgan fingerprint density at radius 1 is 1.13 bits per heavy atom. The first kappa shape index (κ1) is 19.9. The molecule has 0 aliphatic heterocycles. The highest BCUT2D eigenvalue weighted by molar-refractivity contribution is 5.81. The number of carbonyl (C=O) groups is 2. The highest BCUT2D eigenvalue weighted by atomic mass is 19.1. The monoisotopic (exact) mass is 412 g/mol. The van der Waals surface area contributed by atoms with E-state index < -0.39 is 18.3 Å². The van der Waals surface area contributed by atoms with Crippen LogP contribution in [0.2, 0.25) is 0 Å². The molecule has 1 aromatic heterocycles. The molecule has 0 saturated heterocycles. The van der Waals surface area contributed by atoms with Crippen molar-refractivity contribution in [3.8, 4) is 0 Å². The molecule has 2 aromatic carbocycles. The summed E-state index contributed by atoms with van der Waals surface area (Å²) in [6.45, 7) is -0.181. The van der Waals surface area contributed by atoms with Crippen LogP contribution in [0.25, 0.3) is 11.1 Å². The molecule has 0 atom stereocenters. The van der Waals surface area contributed by atoms with Gasteiger partial charge in [-0.15, -0.1) is 0 Å². The van der Waals surface area contributed by atoms with Gasteiger partial charge in [0.2, 0.25) is 0 Å². The standard InChI is InChI=1S/C22H21FN2O5/c23-17-6-2-1-5-15(17)13-25(16-9-10-16)20(26)14-29-21(27)11-12-24-18-7-3-4-8-19(18)30-22(24)28/h1-8,16H,9-14H2. The molecular formula is C22H21FN2O5. The van der Waals surface area contributed by atoms with E-state index in [1.807, 2.05) is 0 Å². The van der Waals surface area contributed by atoms with Crippen LogP contribution in [0.15, 0.2) is 57.7 Å². The molecule has 7 nitrogen and oxygen atoms in total. The maximum Gasteiger partial charge on any atom is 0.419 e. The van der Waals surface area contributed by atoms with E-state index >= 15 is 0 Å². The third-order valence-corrected chi connectivity index (χ3v) is 5.08. The van der Waals surface area contributed by atoms with Crippen LogP contribution in [0.4, 0.5) is 4.39 Å². The van der Waals surface area contributed by atoms with E-state index in [0.29, 0.717) is 16.7 Å². The van der Waals surface area contributed by atoms with Gasteiger partial charge in [0.25, 0.3) is 5.91 Å². The summed E-state index contributed by atoms with van der Waals surface area (Å²) in [5.74, 6) is -1.88. The predicted octanol–water partition coefficient (Wildman–Crippen LogP) is 2.86. The van der Waals surface area contributed by atoms with Gasteiger partial charge >= 0.3 is 11.7 Å². The lowest BCUT2D eigenvalue weighted by atomic mass is 10.2. The molecule has 1 amide bonds. The first-order chi connectivity index (χ1) is 14.5. The molecule has 1 heterocycles. The summed E-state index contributed by atoms with van der Waals surface area (Å²) in [5.41, 5.74) is 1.46. The van der Waals surface area contributed by atoms with Crippen LogP contribution in [-0.4, -0.2) is 34.0 Å². The molecule has 156 valence electrons. The summed E-state index contributed by atoms with van der Waals surface area (Å²) in [6.07, 6.45) is 1.63. The lowest BCUT2D eigenvalue weighted by Crippen LogP contribution is -2.36. The van der Waals surface area contributed by atoms with Crippen molar-refractivity contribution in [2.75, 3.05) is 6.61 Å². The maximum absolute atomic E-state index is 13.9. The summed E-state index contributed by atoms with van der Waals surface area (Å²) in [6, 6.07) is 13.3. The smallest absolute Gasteiger partial charge is 0.419 e. The SMILES string of the molecule is O=C(CCn1c(=O)oc2ccccc21)OCC(=O)N(Cc1ccccc1F)C1CC1. The van der Waals surface area contributed by atoms with Crippen molar-refractivity contribution in [3.63, 3.8) is 0 Å². The van der Waals surface area contributed by atoms with Gasteiger partial charge in [-0.1, -0.05) is 30.3 Å². The fraction of sp³-hybridized carbons (Fsp3) is 0.318. The van der Waals surface area contributed by atoms with Crippen molar-refractivity contribution in [1.29, 1.82) is 0 Å². The summed E-state index contributed by atoms with van der Waals surface area (Å²) in [5, 5.41) is 0. The van der Waals surface area contributed by atoms with Crippen molar-refractivity contribution in [2.24, 2.45) is 0 Å². The van der Waals surface area contributed by atoms with Crippen molar-refractivity contribution in [2.45, 2.75) is 38.4 Å². The number of oxazole rings is 1. The van der Waals surface area contributed by atoms with Crippen LogP contribution in [-0.2, 0) is 27.4 Å². The molecule has 8 heteroatoms.